The Morgan fingerprint density at radius 3 is 2.03 bits per heavy atom. The van der Waals surface area contributed by atoms with Crippen LogP contribution in [0.4, 0.5) is 5.69 Å². The van der Waals surface area contributed by atoms with E-state index in [0.29, 0.717) is 42.0 Å². The van der Waals surface area contributed by atoms with Crippen LogP contribution in [0.3, 0.4) is 0 Å². The van der Waals surface area contributed by atoms with Crippen molar-refractivity contribution in [1.82, 2.24) is 20.3 Å². The summed E-state index contributed by atoms with van der Waals surface area (Å²) in [7, 11) is -3.04. The maximum atomic E-state index is 11.0. The minimum Gasteiger partial charge on any atom is -0.731 e. The van der Waals surface area contributed by atoms with Crippen molar-refractivity contribution in [2.45, 2.75) is 32.1 Å². The van der Waals surface area contributed by atoms with E-state index >= 15 is 0 Å². The van der Waals surface area contributed by atoms with Crippen LogP contribution in [-0.2, 0) is 28.6 Å². The zero-order chi connectivity index (χ0) is 24.3. The van der Waals surface area contributed by atoms with Crippen molar-refractivity contribution in [3.05, 3.63) is 83.1 Å². The minimum absolute atomic E-state index is 0.152. The van der Waals surface area contributed by atoms with E-state index in [1.165, 1.54) is 12.1 Å². The van der Waals surface area contributed by atoms with Crippen LogP contribution < -0.4 is 9.46 Å². The number of nitrogens with zero attached hydrogens (tertiary/aromatic N) is 4. The number of benzene rings is 2. The number of aromatic nitrogens is 4. The van der Waals surface area contributed by atoms with Crippen LogP contribution in [0.25, 0.3) is 0 Å². The van der Waals surface area contributed by atoms with Gasteiger partial charge in [0.15, 0.2) is 22.0 Å². The van der Waals surface area contributed by atoms with E-state index in [2.05, 4.69) is 20.3 Å². The Labute approximate surface area is 196 Å². The topological polar surface area (TPSA) is 156 Å². The molecule has 2 heterocycles. The van der Waals surface area contributed by atoms with E-state index in [0.717, 1.165) is 11.1 Å². The number of nitrogens with one attached hydrogen (secondary N) is 1. The van der Waals surface area contributed by atoms with E-state index in [4.69, 9.17) is 13.8 Å². The van der Waals surface area contributed by atoms with Crippen LogP contribution in [0.2, 0.25) is 0 Å². The molecule has 34 heavy (non-hydrogen) atoms. The Balaban J connectivity index is 1.82. The SMILES string of the molecule is COc1cccc(CC(Cc2ccc(NS(=O)(=O)[O-])cc2)(c2nc(C)no2)c2nc(C)no2)c1. The molecule has 2 aromatic heterocycles. The number of rotatable bonds is 9. The fourth-order valence-electron chi connectivity index (χ4n) is 3.75. The van der Waals surface area contributed by atoms with E-state index in [9.17, 15) is 13.0 Å². The molecule has 0 aliphatic rings. The first kappa shape index (κ1) is 23.4. The summed E-state index contributed by atoms with van der Waals surface area (Å²) in [6.07, 6.45) is 0.667. The second-order valence-corrected chi connectivity index (χ2v) is 8.95. The molecular formula is C22H22N5O6S-. The van der Waals surface area contributed by atoms with Crippen molar-refractivity contribution in [2.75, 3.05) is 11.8 Å². The van der Waals surface area contributed by atoms with Crippen LogP contribution in [0.1, 0.15) is 34.6 Å². The fourth-order valence-corrected chi connectivity index (χ4v) is 4.18. The molecule has 0 unspecified atom stereocenters. The molecule has 0 fully saturated rings. The van der Waals surface area contributed by atoms with Crippen LogP contribution in [0.15, 0.2) is 57.6 Å². The van der Waals surface area contributed by atoms with Gasteiger partial charge in [0.2, 0.25) is 11.8 Å². The van der Waals surface area contributed by atoms with Gasteiger partial charge in [0.1, 0.15) is 11.2 Å². The minimum atomic E-state index is -4.63. The second-order valence-electron chi connectivity index (χ2n) is 7.83. The van der Waals surface area contributed by atoms with Gasteiger partial charge in [-0.1, -0.05) is 34.6 Å². The molecule has 0 saturated heterocycles. The molecule has 0 spiro atoms. The lowest BCUT2D eigenvalue weighted by molar-refractivity contribution is 0.242. The first-order valence-electron chi connectivity index (χ1n) is 10.2. The largest absolute Gasteiger partial charge is 0.731 e. The quantitative estimate of drug-likeness (QED) is 0.350. The van der Waals surface area contributed by atoms with E-state index in [-0.39, 0.29) is 5.69 Å². The maximum Gasteiger partial charge on any atom is 0.243 e. The summed E-state index contributed by atoms with van der Waals surface area (Å²) in [5.41, 5.74) is 0.804. The highest BCUT2D eigenvalue weighted by atomic mass is 32.2. The molecule has 0 radical (unpaired) electrons. The van der Waals surface area contributed by atoms with Gasteiger partial charge in [0.25, 0.3) is 0 Å². The molecule has 0 aliphatic carbocycles. The summed E-state index contributed by atoms with van der Waals surface area (Å²) in [5, 5.41) is 7.95. The summed E-state index contributed by atoms with van der Waals surface area (Å²) in [5.74, 6) is 2.16. The normalized spacial score (nSPS) is 12.0. The first-order valence-corrected chi connectivity index (χ1v) is 11.6. The van der Waals surface area contributed by atoms with Gasteiger partial charge in [-0.3, -0.25) is 4.72 Å². The number of hydrogen-bond donors (Lipinski definition) is 1. The van der Waals surface area contributed by atoms with Gasteiger partial charge < -0.3 is 18.3 Å². The van der Waals surface area contributed by atoms with Gasteiger partial charge in [-0.05, 0) is 62.1 Å². The molecule has 178 valence electrons. The monoisotopic (exact) mass is 484 g/mol. The van der Waals surface area contributed by atoms with Crippen LogP contribution >= 0.6 is 0 Å². The summed E-state index contributed by atoms with van der Waals surface area (Å²) in [4.78, 5) is 9.00. The summed E-state index contributed by atoms with van der Waals surface area (Å²) in [6.45, 7) is 3.43. The third kappa shape index (κ3) is 5.24. The van der Waals surface area contributed by atoms with Crippen molar-refractivity contribution in [2.24, 2.45) is 0 Å². The molecule has 0 atom stereocenters. The summed E-state index contributed by atoms with van der Waals surface area (Å²) >= 11 is 0. The standard InChI is InChI=1S/C22H23N5O6S/c1-14-23-20(32-25-14)22(21-24-15(2)26-33-21,13-17-5-4-6-19(11-17)31-3)12-16-7-9-18(10-8-16)27-34(28,29)30/h4-11,27H,12-13H2,1-3H3,(H,28,29,30)/p-1. The van der Waals surface area contributed by atoms with Gasteiger partial charge in [-0.25, -0.2) is 8.42 Å². The maximum absolute atomic E-state index is 11.0. The average molecular weight is 485 g/mol. The molecule has 0 amide bonds. The lowest BCUT2D eigenvalue weighted by Gasteiger charge is -2.27. The number of anilines is 1. The van der Waals surface area contributed by atoms with Gasteiger partial charge in [0, 0.05) is 5.69 Å². The summed E-state index contributed by atoms with van der Waals surface area (Å²) in [6, 6.07) is 13.9. The van der Waals surface area contributed by atoms with Gasteiger partial charge in [-0.15, -0.1) is 0 Å². The first-order chi connectivity index (χ1) is 16.2. The van der Waals surface area contributed by atoms with Crippen molar-refractivity contribution in [1.29, 1.82) is 0 Å². The molecule has 1 N–H and O–H groups in total. The van der Waals surface area contributed by atoms with E-state index < -0.39 is 15.7 Å². The molecule has 4 rings (SSSR count). The Morgan fingerprint density at radius 2 is 1.53 bits per heavy atom. The lowest BCUT2D eigenvalue weighted by Crippen LogP contribution is -2.34. The van der Waals surface area contributed by atoms with Crippen molar-refractivity contribution < 1.29 is 26.8 Å². The number of aryl methyl sites for hydroxylation is 2. The number of hydrogen-bond acceptors (Lipinski definition) is 10. The zero-order valence-corrected chi connectivity index (χ0v) is 19.5. The van der Waals surface area contributed by atoms with Gasteiger partial charge in [-0.2, -0.15) is 9.97 Å². The van der Waals surface area contributed by atoms with Gasteiger partial charge >= 0.3 is 0 Å². The highest BCUT2D eigenvalue weighted by molar-refractivity contribution is 7.87. The zero-order valence-electron chi connectivity index (χ0n) is 18.7. The number of methoxy groups -OCH3 is 1. The van der Waals surface area contributed by atoms with Crippen molar-refractivity contribution in [3.8, 4) is 5.75 Å². The Morgan fingerprint density at radius 1 is 0.941 bits per heavy atom. The Kier molecular flexibility index (Phi) is 6.35. The molecule has 0 aliphatic heterocycles. The third-order valence-corrected chi connectivity index (χ3v) is 5.70. The molecule has 4 aromatic rings. The van der Waals surface area contributed by atoms with Crippen molar-refractivity contribution >= 4 is 16.0 Å². The lowest BCUT2D eigenvalue weighted by atomic mass is 9.76. The van der Waals surface area contributed by atoms with E-state index in [1.54, 1.807) is 33.1 Å². The van der Waals surface area contributed by atoms with Crippen molar-refractivity contribution in [3.63, 3.8) is 0 Å². The fraction of sp³-hybridized carbons (Fsp3) is 0.273. The Bertz CT molecular complexity index is 1340. The molecular weight excluding hydrogens is 462 g/mol. The third-order valence-electron chi connectivity index (χ3n) is 5.22. The van der Waals surface area contributed by atoms with Crippen LogP contribution in [-0.4, -0.2) is 40.4 Å². The van der Waals surface area contributed by atoms with Gasteiger partial charge in [0.05, 0.1) is 7.11 Å². The number of ether oxygens (including phenoxy) is 1. The smallest absolute Gasteiger partial charge is 0.243 e. The second kappa shape index (κ2) is 9.23. The molecule has 0 bridgehead atoms. The highest BCUT2D eigenvalue weighted by Gasteiger charge is 2.45. The molecule has 12 heteroatoms. The predicted molar refractivity (Wildman–Crippen MR) is 119 cm³/mol. The van der Waals surface area contributed by atoms with E-state index in [1.807, 2.05) is 29.0 Å². The predicted octanol–water partition coefficient (Wildman–Crippen LogP) is 2.72. The Hall–Kier alpha value is -3.77. The molecule has 2 aromatic carbocycles. The highest BCUT2D eigenvalue weighted by Crippen LogP contribution is 2.38. The molecule has 11 nitrogen and oxygen atoms in total. The van der Waals surface area contributed by atoms with Crippen LogP contribution in [0.5, 0.6) is 5.75 Å². The van der Waals surface area contributed by atoms with Crippen LogP contribution in [0, 0.1) is 13.8 Å². The average Bonchev–Trinajstić information content (AvgIpc) is 3.42. The molecule has 0 saturated carbocycles. The summed E-state index contributed by atoms with van der Waals surface area (Å²) < 4.78 is 51.6.